The highest BCUT2D eigenvalue weighted by Crippen LogP contribution is 2.30. The molecule has 0 amide bonds. The van der Waals surface area contributed by atoms with Gasteiger partial charge >= 0.3 is 0 Å². The first-order valence-corrected chi connectivity index (χ1v) is 3.75. The number of ether oxygens (including phenoxy) is 2. The molecular weight excluding hydrogens is 164 g/mol. The van der Waals surface area contributed by atoms with Gasteiger partial charge in [-0.15, -0.1) is 0 Å². The Morgan fingerprint density at radius 3 is 2.42 bits per heavy atom. The highest BCUT2D eigenvalue weighted by Gasteiger charge is 2.53. The maximum atomic E-state index is 9.63. The lowest BCUT2D eigenvalue weighted by atomic mass is 9.95. The summed E-state index contributed by atoms with van der Waals surface area (Å²) in [4.78, 5) is 0. The molecule has 0 spiro atoms. The summed E-state index contributed by atoms with van der Waals surface area (Å²) in [6.45, 7) is 1.02. The molecule has 0 saturated carbocycles. The first-order chi connectivity index (χ1) is 5.56. The van der Waals surface area contributed by atoms with Crippen molar-refractivity contribution in [1.29, 1.82) is 0 Å². The van der Waals surface area contributed by atoms with Crippen LogP contribution in [0, 0.1) is 0 Å². The van der Waals surface area contributed by atoms with E-state index in [4.69, 9.17) is 14.6 Å². The Kier molecular flexibility index (Phi) is 2.70. The maximum Gasteiger partial charge on any atom is 0.186 e. The van der Waals surface area contributed by atoms with E-state index in [9.17, 15) is 10.2 Å². The average Bonchev–Trinajstić information content (AvgIpc) is 2.30. The van der Waals surface area contributed by atoms with Gasteiger partial charge in [-0.25, -0.2) is 0 Å². The standard InChI is InChI=1S/C7H14O5/c1-4-7(10,3-8)5(9)6(11-2)12-4/h4-6,8-10H,3H2,1-2H3/t4-,5-,6-,7+/m0/s1. The predicted octanol–water partition coefficient (Wildman–Crippen LogP) is -1.54. The Bertz CT molecular complexity index is 162. The third-order valence-electron chi connectivity index (χ3n) is 2.30. The minimum absolute atomic E-state index is 0.546. The summed E-state index contributed by atoms with van der Waals surface area (Å²) < 4.78 is 9.79. The lowest BCUT2D eigenvalue weighted by Gasteiger charge is -2.26. The Balaban J connectivity index is 2.76. The highest BCUT2D eigenvalue weighted by atomic mass is 16.7. The fraction of sp³-hybridized carbons (Fsp3) is 1.00. The van der Waals surface area contributed by atoms with Gasteiger partial charge in [0.1, 0.15) is 11.7 Å². The van der Waals surface area contributed by atoms with Crippen LogP contribution in [0.25, 0.3) is 0 Å². The normalized spacial score (nSPS) is 48.2. The van der Waals surface area contributed by atoms with Gasteiger partial charge in [-0.3, -0.25) is 0 Å². The van der Waals surface area contributed by atoms with Crippen LogP contribution in [-0.4, -0.2) is 53.1 Å². The minimum atomic E-state index is -1.61. The van der Waals surface area contributed by atoms with E-state index in [1.54, 1.807) is 6.92 Å². The van der Waals surface area contributed by atoms with E-state index in [1.807, 2.05) is 0 Å². The molecule has 0 unspecified atom stereocenters. The van der Waals surface area contributed by atoms with Crippen molar-refractivity contribution in [3.8, 4) is 0 Å². The SMILES string of the molecule is CO[C@H]1O[C@@H](C)[C@](O)(CO)[C@H]1O. The van der Waals surface area contributed by atoms with Crippen molar-refractivity contribution in [1.82, 2.24) is 0 Å². The van der Waals surface area contributed by atoms with Crippen LogP contribution in [0.15, 0.2) is 0 Å². The molecule has 1 aliphatic rings. The zero-order valence-corrected chi connectivity index (χ0v) is 7.10. The van der Waals surface area contributed by atoms with Crippen LogP contribution in [-0.2, 0) is 9.47 Å². The average molecular weight is 178 g/mol. The van der Waals surface area contributed by atoms with Gasteiger partial charge in [0, 0.05) is 7.11 Å². The number of hydrogen-bond acceptors (Lipinski definition) is 5. The van der Waals surface area contributed by atoms with Gasteiger partial charge in [-0.1, -0.05) is 0 Å². The molecule has 3 N–H and O–H groups in total. The van der Waals surface area contributed by atoms with E-state index in [0.717, 1.165) is 0 Å². The van der Waals surface area contributed by atoms with E-state index < -0.39 is 30.7 Å². The second kappa shape index (κ2) is 3.27. The Morgan fingerprint density at radius 2 is 2.17 bits per heavy atom. The molecule has 0 aromatic rings. The number of hydrogen-bond donors (Lipinski definition) is 3. The van der Waals surface area contributed by atoms with Crippen LogP contribution in [0.5, 0.6) is 0 Å². The summed E-state index contributed by atoms with van der Waals surface area (Å²) in [5.74, 6) is 0. The zero-order valence-electron chi connectivity index (χ0n) is 7.10. The molecule has 0 aromatic carbocycles. The molecule has 1 heterocycles. The molecule has 1 aliphatic heterocycles. The number of rotatable bonds is 2. The zero-order chi connectivity index (χ0) is 9.35. The van der Waals surface area contributed by atoms with Gasteiger partial charge in [0.15, 0.2) is 6.29 Å². The first-order valence-electron chi connectivity index (χ1n) is 3.75. The number of aliphatic hydroxyl groups is 3. The van der Waals surface area contributed by atoms with Crippen molar-refractivity contribution in [2.24, 2.45) is 0 Å². The van der Waals surface area contributed by atoms with E-state index >= 15 is 0 Å². The second-order valence-corrected chi connectivity index (χ2v) is 2.98. The fourth-order valence-electron chi connectivity index (χ4n) is 1.28. The van der Waals surface area contributed by atoms with Crippen LogP contribution in [0.1, 0.15) is 6.92 Å². The third kappa shape index (κ3) is 1.23. The van der Waals surface area contributed by atoms with Crippen molar-refractivity contribution in [2.75, 3.05) is 13.7 Å². The van der Waals surface area contributed by atoms with Crippen molar-refractivity contribution >= 4 is 0 Å². The van der Waals surface area contributed by atoms with Gasteiger partial charge in [0.05, 0.1) is 12.7 Å². The van der Waals surface area contributed by atoms with E-state index in [0.29, 0.717) is 0 Å². The van der Waals surface area contributed by atoms with Crippen LogP contribution in [0.4, 0.5) is 0 Å². The van der Waals surface area contributed by atoms with E-state index in [1.165, 1.54) is 7.11 Å². The summed E-state index contributed by atoms with van der Waals surface area (Å²) in [5, 5.41) is 27.9. The quantitative estimate of drug-likeness (QED) is 0.477. The van der Waals surface area contributed by atoms with Crippen LogP contribution < -0.4 is 0 Å². The topological polar surface area (TPSA) is 79.2 Å². The van der Waals surface area contributed by atoms with Crippen LogP contribution in [0.3, 0.4) is 0 Å². The van der Waals surface area contributed by atoms with E-state index in [-0.39, 0.29) is 0 Å². The molecule has 5 nitrogen and oxygen atoms in total. The lowest BCUT2D eigenvalue weighted by molar-refractivity contribution is -0.149. The van der Waals surface area contributed by atoms with Gasteiger partial charge < -0.3 is 24.8 Å². The molecule has 0 radical (unpaired) electrons. The number of methoxy groups -OCH3 is 1. The molecule has 1 fully saturated rings. The molecule has 1 saturated heterocycles. The minimum Gasteiger partial charge on any atom is -0.393 e. The summed E-state index contributed by atoms with van der Waals surface area (Å²) >= 11 is 0. The lowest BCUT2D eigenvalue weighted by Crippen LogP contribution is -2.50. The second-order valence-electron chi connectivity index (χ2n) is 2.98. The summed E-state index contributed by atoms with van der Waals surface area (Å²) in [6, 6.07) is 0. The number of aliphatic hydroxyl groups excluding tert-OH is 2. The first kappa shape index (κ1) is 9.88. The predicted molar refractivity (Wildman–Crippen MR) is 39.4 cm³/mol. The van der Waals surface area contributed by atoms with Gasteiger partial charge in [0.25, 0.3) is 0 Å². The molecular formula is C7H14O5. The van der Waals surface area contributed by atoms with Gasteiger partial charge in [-0.2, -0.15) is 0 Å². The van der Waals surface area contributed by atoms with Crippen molar-refractivity contribution in [3.63, 3.8) is 0 Å². The van der Waals surface area contributed by atoms with E-state index in [2.05, 4.69) is 0 Å². The van der Waals surface area contributed by atoms with Crippen molar-refractivity contribution < 1.29 is 24.8 Å². The van der Waals surface area contributed by atoms with Gasteiger partial charge in [-0.05, 0) is 6.92 Å². The highest BCUT2D eigenvalue weighted by molar-refractivity contribution is 4.98. The molecule has 12 heavy (non-hydrogen) atoms. The van der Waals surface area contributed by atoms with Gasteiger partial charge in [0.2, 0.25) is 0 Å². The molecule has 0 aromatic heterocycles. The van der Waals surface area contributed by atoms with Crippen LogP contribution >= 0.6 is 0 Å². The largest absolute Gasteiger partial charge is 0.393 e. The van der Waals surface area contributed by atoms with Crippen molar-refractivity contribution in [3.05, 3.63) is 0 Å². The fourth-order valence-corrected chi connectivity index (χ4v) is 1.28. The summed E-state index contributed by atoms with van der Waals surface area (Å²) in [7, 11) is 1.36. The third-order valence-corrected chi connectivity index (χ3v) is 2.30. The maximum absolute atomic E-state index is 9.63. The smallest absolute Gasteiger partial charge is 0.186 e. The molecule has 0 bridgehead atoms. The Hall–Kier alpha value is -0.200. The monoisotopic (exact) mass is 178 g/mol. The van der Waals surface area contributed by atoms with Crippen molar-refractivity contribution in [2.45, 2.75) is 31.0 Å². The van der Waals surface area contributed by atoms with Crippen LogP contribution in [0.2, 0.25) is 0 Å². The molecule has 1 rings (SSSR count). The Labute approximate surface area is 70.5 Å². The molecule has 0 aliphatic carbocycles. The Morgan fingerprint density at radius 1 is 1.58 bits per heavy atom. The molecule has 5 heteroatoms. The summed E-state index contributed by atoms with van der Waals surface area (Å²) in [5.41, 5.74) is -1.61. The summed E-state index contributed by atoms with van der Waals surface area (Å²) in [6.07, 6.45) is -2.71. The molecule has 72 valence electrons. The molecule has 4 atom stereocenters.